The van der Waals surface area contributed by atoms with Gasteiger partial charge in [0.2, 0.25) is 5.78 Å². The summed E-state index contributed by atoms with van der Waals surface area (Å²) in [7, 11) is -1.16. The van der Waals surface area contributed by atoms with Crippen molar-refractivity contribution in [3.05, 3.63) is 108 Å². The maximum Gasteiger partial charge on any atom is 0.374 e. The highest BCUT2D eigenvalue weighted by Crippen LogP contribution is 2.38. The molecule has 0 fully saturated rings. The fourth-order valence-electron chi connectivity index (χ4n) is 4.27. The second kappa shape index (κ2) is 16.6. The van der Waals surface area contributed by atoms with Crippen molar-refractivity contribution in [2.45, 2.75) is 83.5 Å². The summed E-state index contributed by atoms with van der Waals surface area (Å²) in [6, 6.07) is 29.4. The number of Topliss-reactive ketones (excluding diaryl/α,β-unsaturated/α-hetero) is 1. The van der Waals surface area contributed by atoms with Gasteiger partial charge in [-0.15, -0.1) is 0 Å². The van der Waals surface area contributed by atoms with E-state index in [1.807, 2.05) is 91.0 Å². The lowest BCUT2D eigenvalue weighted by Gasteiger charge is -2.42. The predicted molar refractivity (Wildman–Crippen MR) is 170 cm³/mol. The van der Waals surface area contributed by atoms with E-state index in [2.05, 4.69) is 33.9 Å². The van der Waals surface area contributed by atoms with Gasteiger partial charge in [-0.1, -0.05) is 112 Å². The van der Waals surface area contributed by atoms with E-state index in [0.717, 1.165) is 16.7 Å². The zero-order chi connectivity index (χ0) is 31.3. The van der Waals surface area contributed by atoms with Gasteiger partial charge in [-0.2, -0.15) is 0 Å². The number of benzene rings is 3. The molecule has 0 aliphatic heterocycles. The van der Waals surface area contributed by atoms with Crippen LogP contribution in [0.5, 0.6) is 0 Å². The summed E-state index contributed by atoms with van der Waals surface area (Å²) >= 11 is 0. The molecule has 232 valence electrons. The van der Waals surface area contributed by atoms with E-state index >= 15 is 0 Å². The molecule has 8 heteroatoms. The first-order valence-corrected chi connectivity index (χ1v) is 17.6. The maximum absolute atomic E-state index is 13.0. The standard InChI is InChI=1S/C35H46O7Si/c1-35(2,3)43(5,6)42-32(26-39-23-27-16-10-7-11-17-27)33(41-25-29-20-14-9-15-21-29)31(22-30(36)34(37)38-4)40-24-28-18-12-8-13-19-28/h7-21,31-33H,22-26H2,1-6H3/t31-,32-,33+/m1/s1. The molecule has 0 N–H and O–H groups in total. The Bertz CT molecular complexity index is 1240. The largest absolute Gasteiger partial charge is 0.463 e. The molecular weight excluding hydrogens is 560 g/mol. The summed E-state index contributed by atoms with van der Waals surface area (Å²) in [5.74, 6) is -1.61. The Morgan fingerprint density at radius 3 is 1.63 bits per heavy atom. The number of rotatable bonds is 17. The van der Waals surface area contributed by atoms with Crippen molar-refractivity contribution in [3.63, 3.8) is 0 Å². The van der Waals surface area contributed by atoms with Gasteiger partial charge in [0.05, 0.1) is 45.7 Å². The van der Waals surface area contributed by atoms with Gasteiger partial charge < -0.3 is 23.4 Å². The van der Waals surface area contributed by atoms with Crippen LogP contribution in [0, 0.1) is 0 Å². The molecule has 0 amide bonds. The summed E-state index contributed by atoms with van der Waals surface area (Å²) in [6.07, 6.45) is -2.36. The van der Waals surface area contributed by atoms with Crippen molar-refractivity contribution < 1.29 is 33.0 Å². The molecule has 0 aliphatic carbocycles. The SMILES string of the molecule is COC(=O)C(=O)C[C@@H](OCc1ccccc1)[C@H](OCc1ccccc1)[C@@H](COCc1ccccc1)O[Si](C)(C)C(C)(C)C. The molecule has 43 heavy (non-hydrogen) atoms. The monoisotopic (exact) mass is 606 g/mol. The zero-order valence-electron chi connectivity index (χ0n) is 26.3. The molecule has 7 nitrogen and oxygen atoms in total. The quantitative estimate of drug-likeness (QED) is 0.0940. The molecule has 0 unspecified atom stereocenters. The summed E-state index contributed by atoms with van der Waals surface area (Å²) < 4.78 is 31.0. The van der Waals surface area contributed by atoms with Crippen LogP contribution < -0.4 is 0 Å². The van der Waals surface area contributed by atoms with E-state index in [0.29, 0.717) is 6.61 Å². The van der Waals surface area contributed by atoms with Crippen LogP contribution in [0.3, 0.4) is 0 Å². The summed E-state index contributed by atoms with van der Waals surface area (Å²) in [4.78, 5) is 25.2. The van der Waals surface area contributed by atoms with Crippen molar-refractivity contribution in [3.8, 4) is 0 Å². The van der Waals surface area contributed by atoms with Gasteiger partial charge in [0, 0.05) is 6.42 Å². The Balaban J connectivity index is 1.98. The number of ketones is 1. The number of esters is 1. The highest BCUT2D eigenvalue weighted by atomic mass is 28.4. The van der Waals surface area contributed by atoms with Crippen molar-refractivity contribution in [2.75, 3.05) is 13.7 Å². The second-order valence-electron chi connectivity index (χ2n) is 12.1. The Morgan fingerprint density at radius 2 is 1.16 bits per heavy atom. The molecular formula is C35H46O7Si. The van der Waals surface area contributed by atoms with Crippen molar-refractivity contribution in [1.29, 1.82) is 0 Å². The van der Waals surface area contributed by atoms with Crippen LogP contribution in [0.25, 0.3) is 0 Å². The van der Waals surface area contributed by atoms with Crippen molar-refractivity contribution >= 4 is 20.1 Å². The molecule has 3 rings (SSSR count). The minimum absolute atomic E-state index is 0.100. The average molecular weight is 607 g/mol. The number of carbonyl (C=O) groups excluding carboxylic acids is 2. The minimum Gasteiger partial charge on any atom is -0.463 e. The summed E-state index contributed by atoms with van der Waals surface area (Å²) in [6.45, 7) is 11.9. The van der Waals surface area contributed by atoms with E-state index in [1.165, 1.54) is 7.11 Å². The zero-order valence-corrected chi connectivity index (χ0v) is 27.3. The van der Waals surface area contributed by atoms with Crippen LogP contribution >= 0.6 is 0 Å². The van der Waals surface area contributed by atoms with Gasteiger partial charge in [0.15, 0.2) is 8.32 Å². The van der Waals surface area contributed by atoms with Crippen molar-refractivity contribution in [1.82, 2.24) is 0 Å². The predicted octanol–water partition coefficient (Wildman–Crippen LogP) is 6.90. The molecule has 3 aromatic rings. The average Bonchev–Trinajstić information content (AvgIpc) is 3.00. The molecule has 0 aromatic heterocycles. The van der Waals surface area contributed by atoms with Crippen LogP contribution in [0.1, 0.15) is 43.9 Å². The normalized spacial score (nSPS) is 14.1. The Hall–Kier alpha value is -3.14. The minimum atomic E-state index is -2.36. The second-order valence-corrected chi connectivity index (χ2v) is 16.9. The third-order valence-electron chi connectivity index (χ3n) is 7.77. The van der Waals surface area contributed by atoms with Crippen LogP contribution in [0.15, 0.2) is 91.0 Å². The third-order valence-corrected chi connectivity index (χ3v) is 12.3. The number of hydrogen-bond acceptors (Lipinski definition) is 7. The topological polar surface area (TPSA) is 80.3 Å². The van der Waals surface area contributed by atoms with Crippen molar-refractivity contribution in [2.24, 2.45) is 0 Å². The maximum atomic E-state index is 13.0. The molecule has 0 bridgehead atoms. The highest BCUT2D eigenvalue weighted by Gasteiger charge is 2.44. The number of carbonyl (C=O) groups is 2. The Labute approximate surface area is 257 Å². The summed E-state index contributed by atoms with van der Waals surface area (Å²) in [5.41, 5.74) is 2.93. The van der Waals surface area contributed by atoms with Crippen LogP contribution in [-0.4, -0.2) is 52.1 Å². The van der Waals surface area contributed by atoms with Gasteiger partial charge in [-0.3, -0.25) is 4.79 Å². The first-order chi connectivity index (χ1) is 20.5. The first kappa shape index (κ1) is 34.3. The third kappa shape index (κ3) is 11.1. The number of hydrogen-bond donors (Lipinski definition) is 0. The lowest BCUT2D eigenvalue weighted by atomic mass is 10.0. The number of ether oxygens (including phenoxy) is 4. The van der Waals surface area contributed by atoms with E-state index in [1.54, 1.807) is 0 Å². The van der Waals surface area contributed by atoms with E-state index in [4.69, 9.17) is 23.4 Å². The fourth-order valence-corrected chi connectivity index (χ4v) is 5.58. The molecule has 0 aliphatic rings. The Morgan fingerprint density at radius 1 is 0.698 bits per heavy atom. The molecule has 0 saturated heterocycles. The molecule has 0 radical (unpaired) electrons. The molecule has 3 aromatic carbocycles. The molecule has 0 spiro atoms. The molecule has 0 saturated carbocycles. The lowest BCUT2D eigenvalue weighted by molar-refractivity contribution is -0.161. The highest BCUT2D eigenvalue weighted by molar-refractivity contribution is 6.74. The van der Waals surface area contributed by atoms with Gasteiger partial charge >= 0.3 is 5.97 Å². The van der Waals surface area contributed by atoms with Gasteiger partial charge in [-0.25, -0.2) is 4.79 Å². The smallest absolute Gasteiger partial charge is 0.374 e. The van der Waals surface area contributed by atoms with E-state index in [9.17, 15) is 9.59 Å². The van der Waals surface area contributed by atoms with E-state index < -0.39 is 38.4 Å². The molecule has 3 atom stereocenters. The fraction of sp³-hybridized carbons (Fsp3) is 0.429. The number of methoxy groups -OCH3 is 1. The van der Waals surface area contributed by atoms with Crippen LogP contribution in [0.4, 0.5) is 0 Å². The Kier molecular flexibility index (Phi) is 13.3. The van der Waals surface area contributed by atoms with E-state index in [-0.39, 0.29) is 31.3 Å². The van der Waals surface area contributed by atoms with Crippen LogP contribution in [0.2, 0.25) is 18.1 Å². The van der Waals surface area contributed by atoms with Gasteiger partial charge in [0.25, 0.3) is 0 Å². The lowest BCUT2D eigenvalue weighted by Crippen LogP contribution is -2.53. The van der Waals surface area contributed by atoms with Crippen LogP contribution in [-0.2, 0) is 52.8 Å². The molecule has 0 heterocycles. The van der Waals surface area contributed by atoms with Gasteiger partial charge in [0.1, 0.15) is 6.10 Å². The summed E-state index contributed by atoms with van der Waals surface area (Å²) in [5, 5.41) is -0.100. The van der Waals surface area contributed by atoms with Gasteiger partial charge in [-0.05, 0) is 34.8 Å². The first-order valence-electron chi connectivity index (χ1n) is 14.7.